The van der Waals surface area contributed by atoms with Gasteiger partial charge in [-0.25, -0.2) is 0 Å². The fraction of sp³-hybridized carbons (Fsp3) is 0.267. The number of rotatable bonds is 4. The SMILES string of the molecule is CC(N[C@@H](C)c1cccs1)c1ccc(C#N)cc1. The quantitative estimate of drug-likeness (QED) is 0.896. The first-order chi connectivity index (χ1) is 8.70. The molecular formula is C15H16N2S. The van der Waals surface area contributed by atoms with Crippen molar-refractivity contribution in [1.82, 2.24) is 5.32 Å². The van der Waals surface area contributed by atoms with E-state index >= 15 is 0 Å². The number of nitrogens with one attached hydrogen (secondary N) is 1. The summed E-state index contributed by atoms with van der Waals surface area (Å²) in [5.74, 6) is 0. The van der Waals surface area contributed by atoms with E-state index in [4.69, 9.17) is 5.26 Å². The minimum atomic E-state index is 0.273. The molecule has 0 aliphatic rings. The van der Waals surface area contributed by atoms with Crippen LogP contribution < -0.4 is 5.32 Å². The number of benzene rings is 1. The van der Waals surface area contributed by atoms with E-state index in [1.54, 1.807) is 11.3 Å². The van der Waals surface area contributed by atoms with Crippen molar-refractivity contribution >= 4 is 11.3 Å². The Morgan fingerprint density at radius 3 is 2.39 bits per heavy atom. The molecule has 2 rings (SSSR count). The zero-order valence-electron chi connectivity index (χ0n) is 10.6. The molecule has 1 aromatic carbocycles. The van der Waals surface area contributed by atoms with E-state index in [9.17, 15) is 0 Å². The average molecular weight is 256 g/mol. The number of thiophene rings is 1. The van der Waals surface area contributed by atoms with Gasteiger partial charge < -0.3 is 5.32 Å². The van der Waals surface area contributed by atoms with E-state index in [-0.39, 0.29) is 6.04 Å². The smallest absolute Gasteiger partial charge is 0.0991 e. The van der Waals surface area contributed by atoms with Crippen molar-refractivity contribution in [2.75, 3.05) is 0 Å². The van der Waals surface area contributed by atoms with Crippen LogP contribution in [0.3, 0.4) is 0 Å². The monoisotopic (exact) mass is 256 g/mol. The molecule has 18 heavy (non-hydrogen) atoms. The Hall–Kier alpha value is -1.63. The first-order valence-corrected chi connectivity index (χ1v) is 6.88. The van der Waals surface area contributed by atoms with Gasteiger partial charge in [-0.05, 0) is 43.0 Å². The standard InChI is InChI=1S/C15H16N2S/c1-11(14-7-5-13(10-16)6-8-14)17-12(2)15-4-3-9-18-15/h3-9,11-12,17H,1-2H3/t11?,12-/m0/s1. The van der Waals surface area contributed by atoms with Crippen LogP contribution in [0.15, 0.2) is 41.8 Å². The van der Waals surface area contributed by atoms with Crippen LogP contribution in [0.4, 0.5) is 0 Å². The second-order valence-electron chi connectivity index (χ2n) is 4.36. The van der Waals surface area contributed by atoms with Gasteiger partial charge in [0.15, 0.2) is 0 Å². The normalized spacial score (nSPS) is 13.8. The van der Waals surface area contributed by atoms with Gasteiger partial charge in [-0.1, -0.05) is 18.2 Å². The van der Waals surface area contributed by atoms with E-state index in [0.29, 0.717) is 11.6 Å². The zero-order chi connectivity index (χ0) is 13.0. The molecule has 0 radical (unpaired) electrons. The summed E-state index contributed by atoms with van der Waals surface area (Å²) >= 11 is 1.77. The number of hydrogen-bond donors (Lipinski definition) is 1. The summed E-state index contributed by atoms with van der Waals surface area (Å²) in [6.45, 7) is 4.32. The minimum absolute atomic E-state index is 0.273. The van der Waals surface area contributed by atoms with E-state index < -0.39 is 0 Å². The van der Waals surface area contributed by atoms with Crippen LogP contribution in [0, 0.1) is 11.3 Å². The Morgan fingerprint density at radius 2 is 1.83 bits per heavy atom. The molecule has 1 unspecified atom stereocenters. The van der Waals surface area contributed by atoms with Crippen LogP contribution >= 0.6 is 11.3 Å². The maximum Gasteiger partial charge on any atom is 0.0991 e. The average Bonchev–Trinajstić information content (AvgIpc) is 2.92. The predicted molar refractivity (Wildman–Crippen MR) is 75.4 cm³/mol. The Bertz CT molecular complexity index is 523. The lowest BCUT2D eigenvalue weighted by Gasteiger charge is -2.19. The van der Waals surface area contributed by atoms with Crippen molar-refractivity contribution in [3.63, 3.8) is 0 Å². The number of nitriles is 1. The molecule has 2 aromatic rings. The molecule has 1 heterocycles. The predicted octanol–water partition coefficient (Wildman–Crippen LogP) is 4.03. The second-order valence-corrected chi connectivity index (χ2v) is 5.34. The molecule has 0 saturated heterocycles. The van der Waals surface area contributed by atoms with Crippen molar-refractivity contribution < 1.29 is 0 Å². The van der Waals surface area contributed by atoms with Gasteiger partial charge in [-0.3, -0.25) is 0 Å². The van der Waals surface area contributed by atoms with Crippen LogP contribution in [0.1, 0.15) is 41.9 Å². The van der Waals surface area contributed by atoms with E-state index in [2.05, 4.69) is 42.7 Å². The molecule has 0 aliphatic carbocycles. The third kappa shape index (κ3) is 2.98. The third-order valence-electron chi connectivity index (χ3n) is 3.01. The van der Waals surface area contributed by atoms with Crippen LogP contribution in [0.5, 0.6) is 0 Å². The third-order valence-corrected chi connectivity index (χ3v) is 4.06. The summed E-state index contributed by atoms with van der Waals surface area (Å²) in [6, 6.07) is 14.7. The van der Waals surface area contributed by atoms with Crippen LogP contribution in [-0.4, -0.2) is 0 Å². The highest BCUT2D eigenvalue weighted by Crippen LogP contribution is 2.22. The summed E-state index contributed by atoms with van der Waals surface area (Å²) < 4.78 is 0. The van der Waals surface area contributed by atoms with Crippen molar-refractivity contribution in [2.45, 2.75) is 25.9 Å². The number of nitrogens with zero attached hydrogens (tertiary/aromatic N) is 1. The highest BCUT2D eigenvalue weighted by Gasteiger charge is 2.11. The molecule has 1 aromatic heterocycles. The fourth-order valence-corrected chi connectivity index (χ4v) is 2.68. The molecule has 0 aliphatic heterocycles. The molecule has 0 spiro atoms. The van der Waals surface area contributed by atoms with Gasteiger partial charge in [0.2, 0.25) is 0 Å². The van der Waals surface area contributed by atoms with E-state index in [1.165, 1.54) is 10.4 Å². The van der Waals surface area contributed by atoms with Crippen molar-refractivity contribution in [1.29, 1.82) is 5.26 Å². The molecule has 0 fully saturated rings. The largest absolute Gasteiger partial charge is 0.303 e. The van der Waals surface area contributed by atoms with Crippen LogP contribution in [0.2, 0.25) is 0 Å². The molecule has 0 saturated carbocycles. The van der Waals surface area contributed by atoms with Gasteiger partial charge in [0.1, 0.15) is 0 Å². The summed E-state index contributed by atoms with van der Waals surface area (Å²) in [5, 5.41) is 14.4. The molecule has 0 amide bonds. The molecule has 0 bridgehead atoms. The van der Waals surface area contributed by atoms with Gasteiger partial charge >= 0.3 is 0 Å². The van der Waals surface area contributed by atoms with Crippen LogP contribution in [0.25, 0.3) is 0 Å². The lowest BCUT2D eigenvalue weighted by atomic mass is 10.1. The molecule has 3 heteroatoms. The Balaban J connectivity index is 2.03. The first-order valence-electron chi connectivity index (χ1n) is 6.00. The van der Waals surface area contributed by atoms with Gasteiger partial charge in [0, 0.05) is 17.0 Å². The van der Waals surface area contributed by atoms with Gasteiger partial charge in [0.25, 0.3) is 0 Å². The lowest BCUT2D eigenvalue weighted by Crippen LogP contribution is -2.21. The Kier molecular flexibility index (Phi) is 4.14. The first kappa shape index (κ1) is 12.8. The van der Waals surface area contributed by atoms with E-state index in [1.807, 2.05) is 24.3 Å². The minimum Gasteiger partial charge on any atom is -0.303 e. The highest BCUT2D eigenvalue weighted by atomic mass is 32.1. The highest BCUT2D eigenvalue weighted by molar-refractivity contribution is 7.10. The molecular weight excluding hydrogens is 240 g/mol. The molecule has 2 atom stereocenters. The van der Waals surface area contributed by atoms with Crippen molar-refractivity contribution in [3.05, 3.63) is 57.8 Å². The topological polar surface area (TPSA) is 35.8 Å². The maximum absolute atomic E-state index is 8.77. The van der Waals surface area contributed by atoms with Gasteiger partial charge in [-0.2, -0.15) is 5.26 Å². The lowest BCUT2D eigenvalue weighted by molar-refractivity contribution is 0.500. The van der Waals surface area contributed by atoms with Gasteiger partial charge in [-0.15, -0.1) is 11.3 Å². The molecule has 2 nitrogen and oxygen atoms in total. The van der Waals surface area contributed by atoms with Crippen LogP contribution in [-0.2, 0) is 0 Å². The summed E-state index contributed by atoms with van der Waals surface area (Å²) in [6.07, 6.45) is 0. The second kappa shape index (κ2) is 5.81. The van der Waals surface area contributed by atoms with Gasteiger partial charge in [0.05, 0.1) is 11.6 Å². The van der Waals surface area contributed by atoms with Crippen molar-refractivity contribution in [2.24, 2.45) is 0 Å². The zero-order valence-corrected chi connectivity index (χ0v) is 11.4. The molecule has 92 valence electrons. The fourth-order valence-electron chi connectivity index (χ4n) is 1.94. The summed E-state index contributed by atoms with van der Waals surface area (Å²) in [4.78, 5) is 1.34. The summed E-state index contributed by atoms with van der Waals surface area (Å²) in [5.41, 5.74) is 1.91. The summed E-state index contributed by atoms with van der Waals surface area (Å²) in [7, 11) is 0. The van der Waals surface area contributed by atoms with E-state index in [0.717, 1.165) is 0 Å². The maximum atomic E-state index is 8.77. The number of hydrogen-bond acceptors (Lipinski definition) is 3. The Labute approximate surface area is 112 Å². The molecule has 1 N–H and O–H groups in total. The Morgan fingerprint density at radius 1 is 1.11 bits per heavy atom. The van der Waals surface area contributed by atoms with Crippen molar-refractivity contribution in [3.8, 4) is 6.07 Å².